The standard InChI is InChI=1S/C16H19N3O/c17-12-4-5-13-14(7-18-15(13)6-12)16(20)19-8-10-2-1-3-11(10)9-19/h4-7,10-11,18H,1-3,8-9,17H2. The number of likely N-dealkylation sites (tertiary alicyclic amines) is 1. The minimum Gasteiger partial charge on any atom is -0.399 e. The van der Waals surface area contributed by atoms with E-state index < -0.39 is 0 Å². The summed E-state index contributed by atoms with van der Waals surface area (Å²) < 4.78 is 0. The first-order chi connectivity index (χ1) is 9.72. The highest BCUT2D eigenvalue weighted by atomic mass is 16.2. The lowest BCUT2D eigenvalue weighted by Gasteiger charge is -2.16. The number of nitrogens with two attached hydrogens (primary N) is 1. The normalized spacial score (nSPS) is 25.3. The van der Waals surface area contributed by atoms with Gasteiger partial charge in [0.05, 0.1) is 5.56 Å². The van der Waals surface area contributed by atoms with Gasteiger partial charge in [0.2, 0.25) is 0 Å². The second kappa shape index (κ2) is 4.27. The van der Waals surface area contributed by atoms with Crippen LogP contribution in [0.3, 0.4) is 0 Å². The molecule has 0 radical (unpaired) electrons. The molecule has 1 aromatic carbocycles. The summed E-state index contributed by atoms with van der Waals surface area (Å²) in [6, 6.07) is 5.67. The van der Waals surface area contributed by atoms with E-state index in [1.54, 1.807) is 0 Å². The number of nitrogens with zero attached hydrogens (tertiary/aromatic N) is 1. The SMILES string of the molecule is Nc1ccc2c(C(=O)N3CC4CCCC4C3)c[nH]c2c1. The first-order valence-corrected chi connectivity index (χ1v) is 7.38. The molecule has 2 atom stereocenters. The number of nitrogens with one attached hydrogen (secondary N) is 1. The largest absolute Gasteiger partial charge is 0.399 e. The summed E-state index contributed by atoms with van der Waals surface area (Å²) in [6.45, 7) is 1.87. The van der Waals surface area contributed by atoms with Gasteiger partial charge in [-0.05, 0) is 42.9 Å². The molecule has 1 saturated heterocycles. The van der Waals surface area contributed by atoms with Crippen LogP contribution in [0.5, 0.6) is 0 Å². The van der Waals surface area contributed by atoms with Crippen molar-refractivity contribution in [1.29, 1.82) is 0 Å². The third kappa shape index (κ3) is 1.71. The number of anilines is 1. The first kappa shape index (κ1) is 11.8. The summed E-state index contributed by atoms with van der Waals surface area (Å²) in [7, 11) is 0. The van der Waals surface area contributed by atoms with Crippen LogP contribution in [0.15, 0.2) is 24.4 Å². The maximum atomic E-state index is 12.7. The van der Waals surface area contributed by atoms with E-state index in [2.05, 4.69) is 4.98 Å². The Hall–Kier alpha value is -1.97. The predicted octanol–water partition coefficient (Wildman–Crippen LogP) is 2.62. The fourth-order valence-electron chi connectivity index (χ4n) is 3.89. The second-order valence-corrected chi connectivity index (χ2v) is 6.17. The quantitative estimate of drug-likeness (QED) is 0.782. The Morgan fingerprint density at radius 1 is 1.25 bits per heavy atom. The van der Waals surface area contributed by atoms with E-state index in [9.17, 15) is 4.79 Å². The second-order valence-electron chi connectivity index (χ2n) is 6.17. The Bertz CT molecular complexity index is 663. The average Bonchev–Trinajstić information content (AvgIpc) is 3.10. The van der Waals surface area contributed by atoms with Crippen molar-refractivity contribution < 1.29 is 4.79 Å². The van der Waals surface area contributed by atoms with Gasteiger partial charge in [-0.2, -0.15) is 0 Å². The monoisotopic (exact) mass is 269 g/mol. The van der Waals surface area contributed by atoms with Crippen LogP contribution in [-0.4, -0.2) is 28.9 Å². The van der Waals surface area contributed by atoms with Crippen molar-refractivity contribution in [2.75, 3.05) is 18.8 Å². The number of fused-ring (bicyclic) bond motifs is 2. The molecule has 104 valence electrons. The summed E-state index contributed by atoms with van der Waals surface area (Å²) in [4.78, 5) is 17.9. The number of rotatable bonds is 1. The molecule has 2 aromatic rings. The first-order valence-electron chi connectivity index (χ1n) is 7.38. The molecule has 4 rings (SSSR count). The topological polar surface area (TPSA) is 62.1 Å². The van der Waals surface area contributed by atoms with Crippen LogP contribution in [-0.2, 0) is 0 Å². The van der Waals surface area contributed by atoms with Crippen molar-refractivity contribution in [3.8, 4) is 0 Å². The van der Waals surface area contributed by atoms with E-state index in [1.165, 1.54) is 19.3 Å². The zero-order chi connectivity index (χ0) is 13.7. The molecule has 1 saturated carbocycles. The van der Waals surface area contributed by atoms with Crippen molar-refractivity contribution in [3.63, 3.8) is 0 Å². The number of carbonyl (C=O) groups excluding carboxylic acids is 1. The number of H-pyrrole nitrogens is 1. The molecule has 0 spiro atoms. The van der Waals surface area contributed by atoms with Gasteiger partial charge in [0.1, 0.15) is 0 Å². The zero-order valence-electron chi connectivity index (χ0n) is 11.4. The average molecular weight is 269 g/mol. The Labute approximate surface area is 117 Å². The van der Waals surface area contributed by atoms with Crippen molar-refractivity contribution in [3.05, 3.63) is 30.0 Å². The van der Waals surface area contributed by atoms with E-state index in [4.69, 9.17) is 5.73 Å². The summed E-state index contributed by atoms with van der Waals surface area (Å²) >= 11 is 0. The lowest BCUT2D eigenvalue weighted by molar-refractivity contribution is 0.0782. The molecule has 2 aliphatic rings. The molecule has 1 amide bonds. The highest BCUT2D eigenvalue weighted by Crippen LogP contribution is 2.38. The molecule has 2 unspecified atom stereocenters. The maximum absolute atomic E-state index is 12.7. The molecule has 20 heavy (non-hydrogen) atoms. The van der Waals surface area contributed by atoms with Crippen LogP contribution in [0.2, 0.25) is 0 Å². The summed E-state index contributed by atoms with van der Waals surface area (Å²) in [5, 5.41) is 0.973. The maximum Gasteiger partial charge on any atom is 0.256 e. The van der Waals surface area contributed by atoms with E-state index in [-0.39, 0.29) is 5.91 Å². The molecule has 1 aromatic heterocycles. The van der Waals surface area contributed by atoms with Crippen molar-refractivity contribution >= 4 is 22.5 Å². The Balaban J connectivity index is 1.64. The molecule has 4 nitrogen and oxygen atoms in total. The number of carbonyl (C=O) groups is 1. The fraction of sp³-hybridized carbons (Fsp3) is 0.438. The minimum absolute atomic E-state index is 0.162. The summed E-state index contributed by atoms with van der Waals surface area (Å²) in [5.41, 5.74) is 8.21. The van der Waals surface area contributed by atoms with E-state index >= 15 is 0 Å². The summed E-state index contributed by atoms with van der Waals surface area (Å²) in [6.07, 6.45) is 5.74. The zero-order valence-corrected chi connectivity index (χ0v) is 11.4. The third-order valence-corrected chi connectivity index (χ3v) is 4.95. The minimum atomic E-state index is 0.162. The molecular weight excluding hydrogens is 250 g/mol. The molecular formula is C16H19N3O. The van der Waals surface area contributed by atoms with Crippen LogP contribution >= 0.6 is 0 Å². The van der Waals surface area contributed by atoms with E-state index in [1.807, 2.05) is 29.3 Å². The van der Waals surface area contributed by atoms with Crippen LogP contribution in [0.25, 0.3) is 10.9 Å². The Morgan fingerprint density at radius 3 is 2.75 bits per heavy atom. The van der Waals surface area contributed by atoms with Gasteiger partial charge in [0, 0.05) is 35.9 Å². The molecule has 0 bridgehead atoms. The van der Waals surface area contributed by atoms with Gasteiger partial charge in [-0.3, -0.25) is 4.79 Å². The smallest absolute Gasteiger partial charge is 0.256 e. The number of amides is 1. The van der Waals surface area contributed by atoms with Gasteiger partial charge in [0.15, 0.2) is 0 Å². The number of hydrogen-bond donors (Lipinski definition) is 2. The van der Waals surface area contributed by atoms with Crippen molar-refractivity contribution in [2.24, 2.45) is 11.8 Å². The van der Waals surface area contributed by atoms with Crippen LogP contribution in [0, 0.1) is 11.8 Å². The molecule has 2 heterocycles. The van der Waals surface area contributed by atoms with Crippen LogP contribution in [0.1, 0.15) is 29.6 Å². The lowest BCUT2D eigenvalue weighted by Crippen LogP contribution is -2.29. The van der Waals surface area contributed by atoms with Gasteiger partial charge in [-0.1, -0.05) is 6.42 Å². The Kier molecular flexibility index (Phi) is 2.52. The van der Waals surface area contributed by atoms with Gasteiger partial charge >= 0.3 is 0 Å². The van der Waals surface area contributed by atoms with Gasteiger partial charge in [-0.25, -0.2) is 0 Å². The molecule has 2 fully saturated rings. The lowest BCUT2D eigenvalue weighted by atomic mass is 10.0. The van der Waals surface area contributed by atoms with Gasteiger partial charge in [-0.15, -0.1) is 0 Å². The number of aromatic amines is 1. The van der Waals surface area contributed by atoms with Crippen molar-refractivity contribution in [1.82, 2.24) is 9.88 Å². The van der Waals surface area contributed by atoms with E-state index in [0.717, 1.165) is 41.4 Å². The van der Waals surface area contributed by atoms with Crippen molar-refractivity contribution in [2.45, 2.75) is 19.3 Å². The number of aromatic nitrogens is 1. The fourth-order valence-corrected chi connectivity index (χ4v) is 3.89. The van der Waals surface area contributed by atoms with Gasteiger partial charge in [0.25, 0.3) is 5.91 Å². The number of benzene rings is 1. The van der Waals surface area contributed by atoms with E-state index in [0.29, 0.717) is 5.69 Å². The third-order valence-electron chi connectivity index (χ3n) is 4.95. The molecule has 1 aliphatic heterocycles. The number of nitrogen functional groups attached to an aromatic ring is 1. The molecule has 1 aliphatic carbocycles. The van der Waals surface area contributed by atoms with Gasteiger partial charge < -0.3 is 15.6 Å². The Morgan fingerprint density at radius 2 is 2.00 bits per heavy atom. The summed E-state index contributed by atoms with van der Waals surface area (Å²) in [5.74, 6) is 1.63. The molecule has 3 N–H and O–H groups in total. The molecule has 4 heteroatoms. The number of hydrogen-bond acceptors (Lipinski definition) is 2. The van der Waals surface area contributed by atoms with Crippen LogP contribution in [0.4, 0.5) is 5.69 Å². The highest BCUT2D eigenvalue weighted by Gasteiger charge is 2.38. The predicted molar refractivity (Wildman–Crippen MR) is 79.4 cm³/mol. The highest BCUT2D eigenvalue weighted by molar-refractivity contribution is 6.07. The van der Waals surface area contributed by atoms with Crippen LogP contribution < -0.4 is 5.73 Å².